The maximum atomic E-state index is 12.6. The molecule has 2 N–H and O–H groups in total. The minimum absolute atomic E-state index is 0.215. The van der Waals surface area contributed by atoms with Crippen LogP contribution in [0.5, 0.6) is 0 Å². The van der Waals surface area contributed by atoms with E-state index in [2.05, 4.69) is 31.2 Å². The first-order valence-electron chi connectivity index (χ1n) is 8.63. The molecule has 7 nitrogen and oxygen atoms in total. The number of pyridine rings is 1. The predicted molar refractivity (Wildman–Crippen MR) is 116 cm³/mol. The number of carbonyl (C=O) groups is 1. The smallest absolute Gasteiger partial charge is 0.348 e. The van der Waals surface area contributed by atoms with Crippen LogP contribution in [0.15, 0.2) is 53.3 Å². The van der Waals surface area contributed by atoms with Gasteiger partial charge in [0.25, 0.3) is 5.91 Å². The fourth-order valence-corrected chi connectivity index (χ4v) is 4.86. The summed E-state index contributed by atoms with van der Waals surface area (Å²) in [7, 11) is -0.793. The molecular weight excluding hydrogens is 457 g/mol. The van der Waals surface area contributed by atoms with Crippen molar-refractivity contribution >= 4 is 52.2 Å². The van der Waals surface area contributed by atoms with E-state index in [9.17, 15) is 9.36 Å². The molecule has 1 aliphatic rings. The summed E-state index contributed by atoms with van der Waals surface area (Å²) in [4.78, 5) is 19.7. The first-order chi connectivity index (χ1) is 13.9. The van der Waals surface area contributed by atoms with Gasteiger partial charge in [-0.3, -0.25) is 14.3 Å². The summed E-state index contributed by atoms with van der Waals surface area (Å²) in [5.74, 6) is -0.215. The lowest BCUT2D eigenvalue weighted by Crippen LogP contribution is -2.08. The number of hydrogen-bond donors (Lipinski definition) is 2. The number of aromatic amines is 1. The SMILES string of the molecule is COP(=O)(OC)c1cc(Br)c(/C=C2\C(=O)Nc3cc(-c4cccnc4)ccc32)[nH]1. The summed E-state index contributed by atoms with van der Waals surface area (Å²) in [6.07, 6.45) is 5.19. The van der Waals surface area contributed by atoms with Gasteiger partial charge >= 0.3 is 7.60 Å². The average Bonchev–Trinajstić information content (AvgIpc) is 3.27. The Labute approximate surface area is 175 Å². The largest absolute Gasteiger partial charge is 0.376 e. The lowest BCUT2D eigenvalue weighted by atomic mass is 10.0. The Bertz CT molecular complexity index is 1170. The molecule has 4 rings (SSSR count). The Morgan fingerprint density at radius 3 is 2.62 bits per heavy atom. The number of anilines is 1. The molecule has 0 unspecified atom stereocenters. The van der Waals surface area contributed by atoms with Crippen LogP contribution in [0.25, 0.3) is 22.8 Å². The average molecular weight is 474 g/mol. The van der Waals surface area contributed by atoms with Gasteiger partial charge in [0, 0.05) is 47.9 Å². The van der Waals surface area contributed by atoms with Gasteiger partial charge < -0.3 is 19.3 Å². The van der Waals surface area contributed by atoms with Crippen LogP contribution in [0.1, 0.15) is 11.3 Å². The van der Waals surface area contributed by atoms with E-state index in [1.54, 1.807) is 24.5 Å². The molecule has 0 atom stereocenters. The lowest BCUT2D eigenvalue weighted by Gasteiger charge is -2.10. The van der Waals surface area contributed by atoms with Gasteiger partial charge in [-0.1, -0.05) is 18.2 Å². The van der Waals surface area contributed by atoms with Gasteiger partial charge in [0.1, 0.15) is 5.44 Å². The fraction of sp³-hybridized carbons (Fsp3) is 0.100. The molecule has 1 aliphatic heterocycles. The Balaban J connectivity index is 1.73. The molecule has 3 aromatic rings. The second-order valence-corrected chi connectivity index (χ2v) is 9.35. The minimum Gasteiger partial charge on any atom is -0.348 e. The van der Waals surface area contributed by atoms with Gasteiger partial charge in [-0.05, 0) is 45.8 Å². The van der Waals surface area contributed by atoms with Crippen molar-refractivity contribution in [2.24, 2.45) is 0 Å². The highest BCUT2D eigenvalue weighted by atomic mass is 79.9. The van der Waals surface area contributed by atoms with Crippen molar-refractivity contribution in [2.75, 3.05) is 19.5 Å². The van der Waals surface area contributed by atoms with Crippen LogP contribution in [0.2, 0.25) is 0 Å². The summed E-state index contributed by atoms with van der Waals surface area (Å²) in [6, 6.07) is 11.2. The van der Waals surface area contributed by atoms with E-state index < -0.39 is 7.60 Å². The van der Waals surface area contributed by atoms with Gasteiger partial charge in [-0.2, -0.15) is 0 Å². The van der Waals surface area contributed by atoms with E-state index in [-0.39, 0.29) is 5.91 Å². The second-order valence-electron chi connectivity index (χ2n) is 6.29. The summed E-state index contributed by atoms with van der Waals surface area (Å²) < 4.78 is 23.3. The maximum absolute atomic E-state index is 12.6. The summed E-state index contributed by atoms with van der Waals surface area (Å²) in [5.41, 5.74) is 4.82. The number of benzene rings is 1. The number of fused-ring (bicyclic) bond motifs is 1. The van der Waals surface area contributed by atoms with Crippen molar-refractivity contribution in [1.82, 2.24) is 9.97 Å². The zero-order chi connectivity index (χ0) is 20.6. The molecule has 0 saturated heterocycles. The number of nitrogens with one attached hydrogen (secondary N) is 2. The van der Waals surface area contributed by atoms with Crippen LogP contribution >= 0.6 is 23.5 Å². The molecule has 0 bridgehead atoms. The monoisotopic (exact) mass is 473 g/mol. The molecule has 0 radical (unpaired) electrons. The molecule has 1 amide bonds. The highest BCUT2D eigenvalue weighted by Gasteiger charge is 2.29. The van der Waals surface area contributed by atoms with E-state index in [0.29, 0.717) is 21.2 Å². The molecular formula is C20H17BrN3O4P. The summed E-state index contributed by atoms with van der Waals surface area (Å²) >= 11 is 3.43. The number of carbonyl (C=O) groups excluding carboxylic acids is 1. The zero-order valence-electron chi connectivity index (χ0n) is 15.6. The van der Waals surface area contributed by atoms with Crippen molar-refractivity contribution in [3.05, 3.63) is 64.5 Å². The molecule has 0 saturated carbocycles. The Morgan fingerprint density at radius 2 is 1.93 bits per heavy atom. The van der Waals surface area contributed by atoms with Crippen LogP contribution in [-0.4, -0.2) is 30.1 Å². The van der Waals surface area contributed by atoms with Crippen molar-refractivity contribution in [3.8, 4) is 11.1 Å². The molecule has 9 heteroatoms. The van der Waals surface area contributed by atoms with Gasteiger partial charge in [-0.15, -0.1) is 0 Å². The number of nitrogens with zero attached hydrogens (tertiary/aromatic N) is 1. The number of amides is 1. The molecule has 0 fully saturated rings. The number of hydrogen-bond acceptors (Lipinski definition) is 5. The molecule has 0 aliphatic carbocycles. The van der Waals surface area contributed by atoms with Crippen LogP contribution in [0.4, 0.5) is 5.69 Å². The summed E-state index contributed by atoms with van der Waals surface area (Å²) in [5, 5.41) is 2.90. The molecule has 2 aromatic heterocycles. The Morgan fingerprint density at radius 1 is 1.14 bits per heavy atom. The number of H-pyrrole nitrogens is 1. The second kappa shape index (κ2) is 7.72. The van der Waals surface area contributed by atoms with Crippen LogP contribution < -0.4 is 10.8 Å². The Kier molecular flexibility index (Phi) is 5.27. The minimum atomic E-state index is -3.43. The third kappa shape index (κ3) is 3.60. The van der Waals surface area contributed by atoms with Gasteiger partial charge in [0.05, 0.1) is 11.3 Å². The standard InChI is InChI=1S/C20H17BrN3O4P/c1-27-29(26,28-2)19-10-16(21)18(23-19)9-15-14-6-5-12(8-17(14)24-20(15)25)13-4-3-7-22-11-13/h3-11,23H,1-2H3,(H,24,25)/b15-9-. The Hall–Kier alpha value is -2.51. The van der Waals surface area contributed by atoms with Crippen LogP contribution in [-0.2, 0) is 18.4 Å². The number of rotatable bonds is 5. The van der Waals surface area contributed by atoms with Crippen molar-refractivity contribution < 1.29 is 18.4 Å². The number of halogens is 1. The predicted octanol–water partition coefficient (Wildman–Crippen LogP) is 4.44. The van der Waals surface area contributed by atoms with E-state index >= 15 is 0 Å². The lowest BCUT2D eigenvalue weighted by molar-refractivity contribution is -0.110. The van der Waals surface area contributed by atoms with E-state index in [1.807, 2.05) is 30.3 Å². The fourth-order valence-electron chi connectivity index (χ4n) is 3.15. The quantitative estimate of drug-likeness (QED) is 0.421. The number of aromatic nitrogens is 2. The zero-order valence-corrected chi connectivity index (χ0v) is 18.1. The topological polar surface area (TPSA) is 93.3 Å². The van der Waals surface area contributed by atoms with Crippen LogP contribution in [0, 0.1) is 0 Å². The highest BCUT2D eigenvalue weighted by molar-refractivity contribution is 9.10. The van der Waals surface area contributed by atoms with Crippen molar-refractivity contribution in [2.45, 2.75) is 0 Å². The van der Waals surface area contributed by atoms with E-state index in [0.717, 1.165) is 22.4 Å². The van der Waals surface area contributed by atoms with Crippen molar-refractivity contribution in [3.63, 3.8) is 0 Å². The molecule has 148 valence electrons. The molecule has 3 heterocycles. The van der Waals surface area contributed by atoms with Gasteiger partial charge in [-0.25, -0.2) is 0 Å². The van der Waals surface area contributed by atoms with E-state index in [4.69, 9.17) is 9.05 Å². The highest BCUT2D eigenvalue weighted by Crippen LogP contribution is 2.46. The molecule has 29 heavy (non-hydrogen) atoms. The third-order valence-electron chi connectivity index (χ3n) is 4.65. The van der Waals surface area contributed by atoms with E-state index in [1.165, 1.54) is 14.2 Å². The third-order valence-corrected chi connectivity index (χ3v) is 7.09. The summed E-state index contributed by atoms with van der Waals surface area (Å²) in [6.45, 7) is 0. The normalized spacial score (nSPS) is 14.9. The van der Waals surface area contributed by atoms with Crippen LogP contribution in [0.3, 0.4) is 0 Å². The van der Waals surface area contributed by atoms with Crippen molar-refractivity contribution in [1.29, 1.82) is 0 Å². The molecule has 0 spiro atoms. The maximum Gasteiger partial charge on any atom is 0.376 e. The van der Waals surface area contributed by atoms with Gasteiger partial charge in [0.2, 0.25) is 0 Å². The molecule has 1 aromatic carbocycles. The first-order valence-corrected chi connectivity index (χ1v) is 11.0. The van der Waals surface area contributed by atoms with Gasteiger partial charge in [0.15, 0.2) is 0 Å². The first kappa shape index (κ1) is 19.8.